The Morgan fingerprint density at radius 1 is 1.26 bits per heavy atom. The van der Waals surface area contributed by atoms with Crippen molar-refractivity contribution in [3.8, 4) is 17.3 Å². The van der Waals surface area contributed by atoms with Gasteiger partial charge in [0.1, 0.15) is 17.7 Å². The van der Waals surface area contributed by atoms with E-state index in [2.05, 4.69) is 32.4 Å². The average Bonchev–Trinajstić information content (AvgIpc) is 2.88. The maximum atomic E-state index is 14.3. The minimum atomic E-state index is -0.594. The van der Waals surface area contributed by atoms with E-state index < -0.39 is 11.9 Å². The lowest BCUT2D eigenvalue weighted by atomic mass is 9.95. The molecule has 1 saturated carbocycles. The molecule has 9 heteroatoms. The van der Waals surface area contributed by atoms with Crippen molar-refractivity contribution >= 4 is 17.7 Å². The minimum absolute atomic E-state index is 0.0158. The van der Waals surface area contributed by atoms with Gasteiger partial charge in [-0.3, -0.25) is 4.79 Å². The van der Waals surface area contributed by atoms with Crippen LogP contribution in [0.3, 0.4) is 0 Å². The first-order valence-electron chi connectivity index (χ1n) is 12.0. The number of ether oxygens (including phenoxy) is 1. The quantitative estimate of drug-likeness (QED) is 0.670. The number of hydrogen-bond acceptors (Lipinski definition) is 7. The fourth-order valence-corrected chi connectivity index (χ4v) is 4.62. The van der Waals surface area contributed by atoms with Crippen LogP contribution in [0, 0.1) is 17.1 Å². The van der Waals surface area contributed by atoms with Gasteiger partial charge < -0.3 is 20.3 Å². The highest BCUT2D eigenvalue weighted by molar-refractivity contribution is 5.82. The van der Waals surface area contributed by atoms with Gasteiger partial charge in [-0.05, 0) is 31.4 Å². The van der Waals surface area contributed by atoms with Crippen LogP contribution in [0.15, 0.2) is 24.3 Å². The lowest BCUT2D eigenvalue weighted by molar-refractivity contribution is -0.135. The first-order valence-corrected chi connectivity index (χ1v) is 12.0. The molecule has 8 nitrogen and oxygen atoms in total. The van der Waals surface area contributed by atoms with Gasteiger partial charge in [-0.25, -0.2) is 9.37 Å². The number of amides is 1. The first-order chi connectivity index (χ1) is 16.5. The van der Waals surface area contributed by atoms with Gasteiger partial charge in [0.2, 0.25) is 5.95 Å². The summed E-state index contributed by atoms with van der Waals surface area (Å²) < 4.78 is 20.2. The Labute approximate surface area is 199 Å². The number of nitrogens with zero attached hydrogens (tertiary/aromatic N) is 4. The van der Waals surface area contributed by atoms with Crippen molar-refractivity contribution < 1.29 is 13.9 Å². The van der Waals surface area contributed by atoms with Crippen molar-refractivity contribution in [3.05, 3.63) is 35.6 Å². The molecule has 2 aliphatic rings. The molecular formula is C25H31FN6O2. The number of halogens is 1. The highest BCUT2D eigenvalue weighted by atomic mass is 19.1. The van der Waals surface area contributed by atoms with Gasteiger partial charge in [0, 0.05) is 24.7 Å². The van der Waals surface area contributed by atoms with Crippen molar-refractivity contribution in [2.75, 3.05) is 30.4 Å². The van der Waals surface area contributed by atoms with Crippen molar-refractivity contribution in [3.63, 3.8) is 0 Å². The number of carbonyl (C=O) groups excluding carboxylic acids is 1. The molecule has 180 valence electrons. The number of hydrogen-bond donors (Lipinski definition) is 2. The fraction of sp³-hybridized carbons (Fsp3) is 0.520. The fourth-order valence-electron chi connectivity index (χ4n) is 4.62. The molecule has 4 rings (SSSR count). The summed E-state index contributed by atoms with van der Waals surface area (Å²) in [6.07, 6.45) is 5.78. The minimum Gasteiger partial charge on any atom is -0.364 e. The Morgan fingerprint density at radius 3 is 2.74 bits per heavy atom. The maximum Gasteiger partial charge on any atom is 0.251 e. The Hall–Kier alpha value is -3.25. The Balaban J connectivity index is 1.60. The second-order valence-corrected chi connectivity index (χ2v) is 8.87. The Morgan fingerprint density at radius 2 is 2.06 bits per heavy atom. The highest BCUT2D eigenvalue weighted by Gasteiger charge is 2.34. The molecule has 2 atom stereocenters. The molecule has 0 radical (unpaired) electrons. The molecular weight excluding hydrogens is 435 g/mol. The van der Waals surface area contributed by atoms with Gasteiger partial charge >= 0.3 is 0 Å². The van der Waals surface area contributed by atoms with E-state index in [0.29, 0.717) is 36.2 Å². The van der Waals surface area contributed by atoms with Crippen molar-refractivity contribution in [2.45, 2.75) is 63.6 Å². The molecule has 1 aromatic carbocycles. The van der Waals surface area contributed by atoms with Crippen LogP contribution < -0.4 is 15.5 Å². The molecule has 2 fully saturated rings. The number of aromatic nitrogens is 2. The second-order valence-electron chi connectivity index (χ2n) is 8.87. The van der Waals surface area contributed by atoms with E-state index in [0.717, 1.165) is 32.1 Å². The largest absolute Gasteiger partial charge is 0.364 e. The van der Waals surface area contributed by atoms with Crippen LogP contribution in [0.1, 0.15) is 51.0 Å². The first kappa shape index (κ1) is 23.9. The molecule has 0 bridgehead atoms. The molecule has 2 heterocycles. The number of nitrogens with one attached hydrogen (secondary N) is 2. The number of carbonyl (C=O) groups is 1. The molecule has 1 amide bonds. The molecule has 0 spiro atoms. The van der Waals surface area contributed by atoms with Crippen LogP contribution in [0.25, 0.3) is 11.3 Å². The molecule has 1 aliphatic heterocycles. The van der Waals surface area contributed by atoms with Crippen LogP contribution >= 0.6 is 0 Å². The van der Waals surface area contributed by atoms with E-state index in [1.54, 1.807) is 19.2 Å². The van der Waals surface area contributed by atoms with Crippen molar-refractivity contribution in [1.82, 2.24) is 15.3 Å². The summed E-state index contributed by atoms with van der Waals surface area (Å²) in [4.78, 5) is 24.2. The second kappa shape index (κ2) is 10.8. The molecule has 1 saturated heterocycles. The Kier molecular flexibility index (Phi) is 7.58. The zero-order valence-corrected chi connectivity index (χ0v) is 19.7. The van der Waals surface area contributed by atoms with E-state index in [1.165, 1.54) is 18.6 Å². The van der Waals surface area contributed by atoms with E-state index in [4.69, 9.17) is 10.00 Å². The van der Waals surface area contributed by atoms with Crippen LogP contribution in [-0.4, -0.2) is 54.3 Å². The van der Waals surface area contributed by atoms with Crippen LogP contribution in [-0.2, 0) is 9.53 Å². The molecule has 1 aromatic heterocycles. The van der Waals surface area contributed by atoms with Crippen LogP contribution in [0.4, 0.5) is 16.2 Å². The summed E-state index contributed by atoms with van der Waals surface area (Å²) in [5, 5.41) is 15.2. The van der Waals surface area contributed by atoms with Gasteiger partial charge in [0.05, 0.1) is 30.5 Å². The maximum absolute atomic E-state index is 14.3. The third-order valence-corrected chi connectivity index (χ3v) is 6.62. The summed E-state index contributed by atoms with van der Waals surface area (Å²) >= 11 is 0. The summed E-state index contributed by atoms with van der Waals surface area (Å²) in [5.41, 5.74) is 1.06. The number of rotatable bonds is 6. The normalized spacial score (nSPS) is 21.1. The molecule has 0 unspecified atom stereocenters. The van der Waals surface area contributed by atoms with Crippen molar-refractivity contribution in [1.29, 1.82) is 5.26 Å². The van der Waals surface area contributed by atoms with Gasteiger partial charge in [0.25, 0.3) is 5.91 Å². The summed E-state index contributed by atoms with van der Waals surface area (Å²) in [6, 6.07) is 8.32. The number of benzene rings is 1. The van der Waals surface area contributed by atoms with E-state index in [-0.39, 0.29) is 23.6 Å². The SMILES string of the molecule is CC[C@@H]1CO[C@H](C(=O)NC2CCCCC2)CN1c1cc(-c2ccc(C#N)c(F)c2)nc(NC)n1. The monoisotopic (exact) mass is 466 g/mol. The summed E-state index contributed by atoms with van der Waals surface area (Å²) in [6.45, 7) is 2.86. The van der Waals surface area contributed by atoms with Gasteiger partial charge in [-0.1, -0.05) is 32.3 Å². The summed E-state index contributed by atoms with van der Waals surface area (Å²) in [5.74, 6) is 0.360. The van der Waals surface area contributed by atoms with E-state index in [1.807, 2.05) is 6.07 Å². The lowest BCUT2D eigenvalue weighted by Crippen LogP contribution is -2.56. The van der Waals surface area contributed by atoms with E-state index in [9.17, 15) is 9.18 Å². The van der Waals surface area contributed by atoms with Crippen molar-refractivity contribution in [2.24, 2.45) is 0 Å². The zero-order chi connectivity index (χ0) is 24.1. The number of anilines is 2. The van der Waals surface area contributed by atoms with E-state index >= 15 is 0 Å². The van der Waals surface area contributed by atoms with Gasteiger partial charge in [-0.2, -0.15) is 10.2 Å². The molecule has 34 heavy (non-hydrogen) atoms. The highest BCUT2D eigenvalue weighted by Crippen LogP contribution is 2.29. The topological polar surface area (TPSA) is 103 Å². The number of nitriles is 1. The molecule has 2 N–H and O–H groups in total. The molecule has 2 aromatic rings. The summed E-state index contributed by atoms with van der Waals surface area (Å²) in [7, 11) is 1.72. The van der Waals surface area contributed by atoms with Crippen LogP contribution in [0.2, 0.25) is 0 Å². The third kappa shape index (κ3) is 5.28. The standard InChI is InChI=1S/C25H31FN6O2/c1-3-19-15-34-22(24(33)29-18-7-5-4-6-8-18)14-32(19)23-12-21(30-25(28-2)31-23)16-9-10-17(13-27)20(26)11-16/h9-12,18-19,22H,3-8,14-15H2,1-2H3,(H,29,33)(H,28,30,31)/t19-,22+/m1/s1. The average molecular weight is 467 g/mol. The third-order valence-electron chi connectivity index (χ3n) is 6.62. The predicted molar refractivity (Wildman–Crippen MR) is 128 cm³/mol. The van der Waals surface area contributed by atoms with Gasteiger partial charge in [-0.15, -0.1) is 0 Å². The predicted octanol–water partition coefficient (Wildman–Crippen LogP) is 3.63. The molecule has 1 aliphatic carbocycles. The zero-order valence-electron chi connectivity index (χ0n) is 19.7. The van der Waals surface area contributed by atoms with Gasteiger partial charge in [0.15, 0.2) is 6.10 Å². The smallest absolute Gasteiger partial charge is 0.251 e. The number of morpholine rings is 1. The lowest BCUT2D eigenvalue weighted by Gasteiger charge is -2.40. The Bertz CT molecular complexity index is 1070. The van der Waals surface area contributed by atoms with Crippen LogP contribution in [0.5, 0.6) is 0 Å².